The number of benzene rings is 1. The first-order chi connectivity index (χ1) is 11.6. The van der Waals surface area contributed by atoms with Crippen LogP contribution in [0.5, 0.6) is 0 Å². The van der Waals surface area contributed by atoms with Crippen molar-refractivity contribution in [3.63, 3.8) is 0 Å². The van der Waals surface area contributed by atoms with Crippen LogP contribution in [0.1, 0.15) is 28.7 Å². The summed E-state index contributed by atoms with van der Waals surface area (Å²) >= 11 is 0. The number of hydrogen-bond acceptors (Lipinski definition) is 4. The van der Waals surface area contributed by atoms with Gasteiger partial charge in [-0.15, -0.1) is 0 Å². The van der Waals surface area contributed by atoms with Gasteiger partial charge < -0.3 is 9.30 Å². The fourth-order valence-corrected chi connectivity index (χ4v) is 4.02. The van der Waals surface area contributed by atoms with Crippen LogP contribution in [0.4, 0.5) is 14.5 Å². The first-order valence-electron chi connectivity index (χ1n) is 7.41. The number of carbonyl (C=O) groups is 1. The second-order valence-corrected chi connectivity index (χ2v) is 7.01. The van der Waals surface area contributed by atoms with Gasteiger partial charge in [0.05, 0.1) is 12.3 Å². The predicted molar refractivity (Wildman–Crippen MR) is 88.0 cm³/mol. The normalized spacial score (nSPS) is 11.4. The highest BCUT2D eigenvalue weighted by atomic mass is 32.2. The first kappa shape index (κ1) is 18.9. The van der Waals surface area contributed by atoms with E-state index in [0.717, 1.165) is 18.2 Å². The summed E-state index contributed by atoms with van der Waals surface area (Å²) in [6.07, 6.45) is 0. The standard InChI is InChI=1S/C16H18F2N2O4S/c1-5-24-16(21)14-9(2)20(4)10(3)15(14)25(22,23)19-11-6-7-12(17)13(18)8-11/h6-8,19H,5H2,1-4H3. The summed E-state index contributed by atoms with van der Waals surface area (Å²) in [6, 6.07) is 2.62. The van der Waals surface area contributed by atoms with E-state index in [0.29, 0.717) is 11.4 Å². The van der Waals surface area contributed by atoms with Gasteiger partial charge in [-0.25, -0.2) is 22.0 Å². The molecule has 0 unspecified atom stereocenters. The van der Waals surface area contributed by atoms with Gasteiger partial charge in [-0.3, -0.25) is 4.72 Å². The summed E-state index contributed by atoms with van der Waals surface area (Å²) < 4.78 is 60.5. The molecule has 6 nitrogen and oxygen atoms in total. The van der Waals surface area contributed by atoms with Crippen molar-refractivity contribution in [3.8, 4) is 0 Å². The monoisotopic (exact) mass is 372 g/mol. The number of aromatic nitrogens is 1. The maximum atomic E-state index is 13.3. The Labute approximate surface area is 144 Å². The van der Waals surface area contributed by atoms with Crippen LogP contribution >= 0.6 is 0 Å². The van der Waals surface area contributed by atoms with Crippen molar-refractivity contribution < 1.29 is 26.7 Å². The minimum Gasteiger partial charge on any atom is -0.462 e. The highest BCUT2D eigenvalue weighted by molar-refractivity contribution is 7.92. The summed E-state index contributed by atoms with van der Waals surface area (Å²) in [5.74, 6) is -3.05. The minimum absolute atomic E-state index is 0.0856. The molecule has 0 amide bonds. The van der Waals surface area contributed by atoms with Gasteiger partial charge in [0.15, 0.2) is 11.6 Å². The maximum Gasteiger partial charge on any atom is 0.341 e. The molecule has 9 heteroatoms. The third-order valence-corrected chi connectivity index (χ3v) is 5.39. The second-order valence-electron chi connectivity index (χ2n) is 5.39. The number of anilines is 1. The molecule has 0 atom stereocenters. The Kier molecular flexibility index (Phi) is 5.17. The molecule has 0 saturated heterocycles. The number of ether oxygens (including phenoxy) is 1. The van der Waals surface area contributed by atoms with E-state index in [-0.39, 0.29) is 22.8 Å². The molecule has 1 aromatic heterocycles. The van der Waals surface area contributed by atoms with E-state index in [2.05, 4.69) is 4.72 Å². The van der Waals surface area contributed by atoms with Crippen molar-refractivity contribution in [2.75, 3.05) is 11.3 Å². The maximum absolute atomic E-state index is 13.3. The summed E-state index contributed by atoms with van der Waals surface area (Å²) in [5, 5.41) is 0. The van der Waals surface area contributed by atoms with Gasteiger partial charge in [-0.05, 0) is 32.9 Å². The van der Waals surface area contributed by atoms with Crippen LogP contribution in [0.2, 0.25) is 0 Å². The molecule has 0 bridgehead atoms. The fraction of sp³-hybridized carbons (Fsp3) is 0.312. The third-order valence-electron chi connectivity index (χ3n) is 3.84. The van der Waals surface area contributed by atoms with Crippen LogP contribution in [-0.4, -0.2) is 25.6 Å². The molecule has 0 aliphatic carbocycles. The largest absolute Gasteiger partial charge is 0.462 e. The Bertz CT molecular complexity index is 936. The molecule has 0 radical (unpaired) electrons. The zero-order valence-electron chi connectivity index (χ0n) is 14.2. The molecular formula is C16H18F2N2O4S. The third kappa shape index (κ3) is 3.51. The van der Waals surface area contributed by atoms with Crippen molar-refractivity contribution in [1.29, 1.82) is 0 Å². The Balaban J connectivity index is 2.57. The fourth-order valence-electron chi connectivity index (χ4n) is 2.46. The van der Waals surface area contributed by atoms with Crippen molar-refractivity contribution >= 4 is 21.7 Å². The number of carbonyl (C=O) groups excluding carboxylic acids is 1. The summed E-state index contributed by atoms with van der Waals surface area (Å²) in [7, 11) is -2.61. The zero-order valence-corrected chi connectivity index (χ0v) is 15.0. The van der Waals surface area contributed by atoms with Gasteiger partial charge in [0.1, 0.15) is 10.5 Å². The predicted octanol–water partition coefficient (Wildman–Crippen LogP) is 2.90. The van der Waals surface area contributed by atoms with Crippen LogP contribution in [0.3, 0.4) is 0 Å². The average molecular weight is 372 g/mol. The van der Waals surface area contributed by atoms with Gasteiger partial charge in [-0.1, -0.05) is 0 Å². The Hall–Kier alpha value is -2.42. The van der Waals surface area contributed by atoms with E-state index in [9.17, 15) is 22.0 Å². The number of rotatable bonds is 5. The second kappa shape index (κ2) is 6.83. The number of sulfonamides is 1. The van der Waals surface area contributed by atoms with Gasteiger partial charge in [0.2, 0.25) is 0 Å². The summed E-state index contributed by atoms with van der Waals surface area (Å²) in [6.45, 7) is 4.82. The number of nitrogens with zero attached hydrogens (tertiary/aromatic N) is 1. The van der Waals surface area contributed by atoms with E-state index in [1.807, 2.05) is 0 Å². The van der Waals surface area contributed by atoms with Crippen LogP contribution < -0.4 is 4.72 Å². The molecule has 1 N–H and O–H groups in total. The SMILES string of the molecule is CCOC(=O)c1c(S(=O)(=O)Nc2ccc(F)c(F)c2)c(C)n(C)c1C. The summed E-state index contributed by atoms with van der Waals surface area (Å²) in [4.78, 5) is 12.0. The minimum atomic E-state index is -4.23. The van der Waals surface area contributed by atoms with Crippen LogP contribution in [0.25, 0.3) is 0 Å². The smallest absolute Gasteiger partial charge is 0.341 e. The van der Waals surface area contributed by atoms with E-state index in [4.69, 9.17) is 4.74 Å². The van der Waals surface area contributed by atoms with Crippen LogP contribution in [0.15, 0.2) is 23.1 Å². The highest BCUT2D eigenvalue weighted by Crippen LogP contribution is 2.29. The van der Waals surface area contributed by atoms with Gasteiger partial charge in [0.25, 0.3) is 10.0 Å². The molecule has 0 saturated carbocycles. The van der Waals surface area contributed by atoms with Gasteiger partial charge in [0, 0.05) is 24.5 Å². The molecule has 1 heterocycles. The van der Waals surface area contributed by atoms with Crippen molar-refractivity contribution in [2.45, 2.75) is 25.7 Å². The lowest BCUT2D eigenvalue weighted by Gasteiger charge is -2.10. The quantitative estimate of drug-likeness (QED) is 0.819. The van der Waals surface area contributed by atoms with Crippen molar-refractivity contribution in [3.05, 3.63) is 46.8 Å². The Morgan fingerprint density at radius 2 is 1.84 bits per heavy atom. The molecule has 0 aliphatic rings. The van der Waals surface area contributed by atoms with Crippen LogP contribution in [0, 0.1) is 25.5 Å². The lowest BCUT2D eigenvalue weighted by molar-refractivity contribution is 0.0521. The molecule has 25 heavy (non-hydrogen) atoms. The molecule has 2 aromatic rings. The average Bonchev–Trinajstić information content (AvgIpc) is 2.76. The number of hydrogen-bond donors (Lipinski definition) is 1. The van der Waals surface area contributed by atoms with Gasteiger partial charge >= 0.3 is 5.97 Å². The van der Waals surface area contributed by atoms with Gasteiger partial charge in [-0.2, -0.15) is 0 Å². The van der Waals surface area contributed by atoms with Crippen molar-refractivity contribution in [2.24, 2.45) is 7.05 Å². The Morgan fingerprint density at radius 1 is 1.20 bits per heavy atom. The Morgan fingerprint density at radius 3 is 2.40 bits per heavy atom. The number of nitrogens with one attached hydrogen (secondary N) is 1. The molecule has 2 rings (SSSR count). The molecule has 0 spiro atoms. The van der Waals surface area contributed by atoms with E-state index < -0.39 is 27.6 Å². The molecule has 1 aromatic carbocycles. The van der Waals surface area contributed by atoms with E-state index >= 15 is 0 Å². The molecule has 0 aliphatic heterocycles. The summed E-state index contributed by atoms with van der Waals surface area (Å²) in [5.41, 5.74) is 0.490. The van der Waals surface area contributed by atoms with Crippen molar-refractivity contribution in [1.82, 2.24) is 4.57 Å². The first-order valence-corrected chi connectivity index (χ1v) is 8.89. The topological polar surface area (TPSA) is 77.4 Å². The molecular weight excluding hydrogens is 354 g/mol. The molecule has 0 fully saturated rings. The highest BCUT2D eigenvalue weighted by Gasteiger charge is 2.31. The molecule has 136 valence electrons. The van der Waals surface area contributed by atoms with E-state index in [1.54, 1.807) is 25.5 Å². The van der Waals surface area contributed by atoms with Crippen LogP contribution in [-0.2, 0) is 21.8 Å². The lowest BCUT2D eigenvalue weighted by Crippen LogP contribution is -2.18. The lowest BCUT2D eigenvalue weighted by atomic mass is 10.2. The number of halogens is 2. The zero-order chi connectivity index (χ0) is 18.9. The number of esters is 1. The van der Waals surface area contributed by atoms with E-state index in [1.165, 1.54) is 6.92 Å².